The minimum atomic E-state index is 0.0355. The highest BCUT2D eigenvalue weighted by atomic mass is 32.2. The average molecular weight is 459 g/mol. The van der Waals surface area contributed by atoms with E-state index in [1.165, 1.54) is 5.56 Å². The first-order chi connectivity index (χ1) is 15.1. The number of anilines is 1. The third kappa shape index (κ3) is 7.14. The van der Waals surface area contributed by atoms with E-state index in [-0.39, 0.29) is 5.91 Å². The SMILES string of the molecule is CCCNc1nc(SC(C)C)nc2c1cnn2CCNC(=O)CSCc1ccccc1. The van der Waals surface area contributed by atoms with E-state index in [0.29, 0.717) is 24.1 Å². The molecule has 2 N–H and O–H groups in total. The molecular formula is C22H30N6OS2. The van der Waals surface area contributed by atoms with Crippen molar-refractivity contribution in [1.82, 2.24) is 25.1 Å². The lowest BCUT2D eigenvalue weighted by molar-refractivity contribution is -0.118. The molecule has 7 nitrogen and oxygen atoms in total. The van der Waals surface area contributed by atoms with Crippen molar-refractivity contribution in [2.24, 2.45) is 0 Å². The van der Waals surface area contributed by atoms with Crippen molar-refractivity contribution in [3.63, 3.8) is 0 Å². The van der Waals surface area contributed by atoms with E-state index in [0.717, 1.165) is 40.7 Å². The molecule has 1 amide bonds. The molecule has 0 saturated carbocycles. The van der Waals surface area contributed by atoms with Gasteiger partial charge in [0.15, 0.2) is 10.8 Å². The molecule has 0 radical (unpaired) electrons. The van der Waals surface area contributed by atoms with Crippen molar-refractivity contribution in [2.75, 3.05) is 24.2 Å². The van der Waals surface area contributed by atoms with Crippen LogP contribution in [0.3, 0.4) is 0 Å². The summed E-state index contributed by atoms with van der Waals surface area (Å²) in [5.41, 5.74) is 2.02. The number of nitrogens with zero attached hydrogens (tertiary/aromatic N) is 4. The van der Waals surface area contributed by atoms with E-state index in [4.69, 9.17) is 4.98 Å². The Kier molecular flexibility index (Phi) is 9.02. The van der Waals surface area contributed by atoms with Gasteiger partial charge in [-0.25, -0.2) is 14.6 Å². The van der Waals surface area contributed by atoms with Crippen molar-refractivity contribution in [3.8, 4) is 0 Å². The molecule has 2 heterocycles. The van der Waals surface area contributed by atoms with Crippen molar-refractivity contribution in [2.45, 2.75) is 49.9 Å². The van der Waals surface area contributed by atoms with Gasteiger partial charge in [0.25, 0.3) is 0 Å². The Morgan fingerprint density at radius 3 is 2.71 bits per heavy atom. The summed E-state index contributed by atoms with van der Waals surface area (Å²) in [5.74, 6) is 2.13. The topological polar surface area (TPSA) is 84.7 Å². The molecule has 0 spiro atoms. The van der Waals surface area contributed by atoms with Gasteiger partial charge in [-0.15, -0.1) is 11.8 Å². The van der Waals surface area contributed by atoms with Gasteiger partial charge in [0.05, 0.1) is 23.9 Å². The maximum Gasteiger partial charge on any atom is 0.230 e. The number of aromatic nitrogens is 4. The molecule has 0 bridgehead atoms. The lowest BCUT2D eigenvalue weighted by Crippen LogP contribution is -2.29. The monoisotopic (exact) mass is 458 g/mol. The molecule has 0 atom stereocenters. The van der Waals surface area contributed by atoms with Crippen molar-refractivity contribution in [1.29, 1.82) is 0 Å². The molecule has 9 heteroatoms. The number of amides is 1. The largest absolute Gasteiger partial charge is 0.369 e. The zero-order chi connectivity index (χ0) is 22.1. The number of hydrogen-bond donors (Lipinski definition) is 2. The fraction of sp³-hybridized carbons (Fsp3) is 0.455. The van der Waals surface area contributed by atoms with Gasteiger partial charge in [0.2, 0.25) is 5.91 Å². The number of hydrogen-bond acceptors (Lipinski definition) is 7. The van der Waals surface area contributed by atoms with Crippen LogP contribution in [0.25, 0.3) is 11.0 Å². The minimum Gasteiger partial charge on any atom is -0.369 e. The number of rotatable bonds is 12. The van der Waals surface area contributed by atoms with E-state index in [2.05, 4.69) is 53.6 Å². The van der Waals surface area contributed by atoms with Crippen LogP contribution in [0.1, 0.15) is 32.8 Å². The van der Waals surface area contributed by atoms with E-state index in [1.807, 2.05) is 22.9 Å². The van der Waals surface area contributed by atoms with Crippen LogP contribution in [-0.2, 0) is 17.1 Å². The highest BCUT2D eigenvalue weighted by Crippen LogP contribution is 2.26. The summed E-state index contributed by atoms with van der Waals surface area (Å²) in [6.45, 7) is 8.30. The predicted molar refractivity (Wildman–Crippen MR) is 131 cm³/mol. The maximum atomic E-state index is 12.2. The molecule has 3 aromatic rings. The smallest absolute Gasteiger partial charge is 0.230 e. The summed E-state index contributed by atoms with van der Waals surface area (Å²) in [4.78, 5) is 21.6. The van der Waals surface area contributed by atoms with Gasteiger partial charge in [0.1, 0.15) is 5.82 Å². The second-order valence-corrected chi connectivity index (χ2v) is 9.91. The third-order valence-corrected chi connectivity index (χ3v) is 6.22. The van der Waals surface area contributed by atoms with Crippen molar-refractivity contribution >= 4 is 46.3 Å². The summed E-state index contributed by atoms with van der Waals surface area (Å²) in [7, 11) is 0. The number of benzene rings is 1. The summed E-state index contributed by atoms with van der Waals surface area (Å²) >= 11 is 3.25. The molecule has 0 aliphatic heterocycles. The van der Waals surface area contributed by atoms with Gasteiger partial charge in [0, 0.05) is 24.1 Å². The molecule has 0 fully saturated rings. The normalized spacial score (nSPS) is 11.2. The predicted octanol–water partition coefficient (Wildman–Crippen LogP) is 4.20. The van der Waals surface area contributed by atoms with E-state index in [1.54, 1.807) is 29.7 Å². The van der Waals surface area contributed by atoms with Crippen LogP contribution < -0.4 is 10.6 Å². The minimum absolute atomic E-state index is 0.0355. The van der Waals surface area contributed by atoms with Crippen LogP contribution in [0, 0.1) is 0 Å². The summed E-state index contributed by atoms with van der Waals surface area (Å²) in [6, 6.07) is 10.2. The van der Waals surface area contributed by atoms with Crippen LogP contribution >= 0.6 is 23.5 Å². The first kappa shape index (κ1) is 23.4. The van der Waals surface area contributed by atoms with Crippen LogP contribution in [-0.4, -0.2) is 49.7 Å². The summed E-state index contributed by atoms with van der Waals surface area (Å²) < 4.78 is 1.84. The van der Waals surface area contributed by atoms with Gasteiger partial charge < -0.3 is 10.6 Å². The molecular weight excluding hydrogens is 428 g/mol. The fourth-order valence-corrected chi connectivity index (χ4v) is 4.45. The van der Waals surface area contributed by atoms with Gasteiger partial charge in [-0.3, -0.25) is 4.79 Å². The summed E-state index contributed by atoms with van der Waals surface area (Å²) in [6.07, 6.45) is 2.81. The first-order valence-corrected chi connectivity index (χ1v) is 12.6. The van der Waals surface area contributed by atoms with Gasteiger partial charge >= 0.3 is 0 Å². The van der Waals surface area contributed by atoms with Gasteiger partial charge in [-0.05, 0) is 12.0 Å². The first-order valence-electron chi connectivity index (χ1n) is 10.6. The van der Waals surface area contributed by atoms with Gasteiger partial charge in [-0.1, -0.05) is 62.9 Å². The van der Waals surface area contributed by atoms with E-state index < -0.39 is 0 Å². The Morgan fingerprint density at radius 1 is 1.16 bits per heavy atom. The molecule has 0 saturated heterocycles. The van der Waals surface area contributed by atoms with Crippen LogP contribution in [0.2, 0.25) is 0 Å². The zero-order valence-electron chi connectivity index (χ0n) is 18.3. The van der Waals surface area contributed by atoms with Gasteiger partial charge in [-0.2, -0.15) is 5.10 Å². The number of nitrogens with one attached hydrogen (secondary N) is 2. The van der Waals surface area contributed by atoms with Crippen LogP contribution in [0.15, 0.2) is 41.7 Å². The van der Waals surface area contributed by atoms with Crippen molar-refractivity contribution < 1.29 is 4.79 Å². The Bertz CT molecular complexity index is 977. The maximum absolute atomic E-state index is 12.2. The number of carbonyl (C=O) groups excluding carboxylic acids is 1. The quantitative estimate of drug-likeness (QED) is 0.311. The standard InChI is InChI=1S/C22H30N6OS2/c1-4-10-24-20-18-13-25-28(21(18)27-22(26-20)31-16(2)3)12-11-23-19(29)15-30-14-17-8-6-5-7-9-17/h5-9,13,16H,4,10-12,14-15H2,1-3H3,(H,23,29)(H,24,26,27). The molecule has 1 aromatic carbocycles. The lowest BCUT2D eigenvalue weighted by Gasteiger charge is -2.10. The number of thioether (sulfide) groups is 2. The Morgan fingerprint density at radius 2 is 1.97 bits per heavy atom. The highest BCUT2D eigenvalue weighted by Gasteiger charge is 2.14. The summed E-state index contributed by atoms with van der Waals surface area (Å²) in [5, 5.41) is 12.9. The second kappa shape index (κ2) is 12.0. The molecule has 0 aliphatic carbocycles. The Labute approximate surface area is 192 Å². The van der Waals surface area contributed by atoms with Crippen molar-refractivity contribution in [3.05, 3.63) is 42.1 Å². The van der Waals surface area contributed by atoms with Crippen LogP contribution in [0.5, 0.6) is 0 Å². The molecule has 166 valence electrons. The van der Waals surface area contributed by atoms with Crippen LogP contribution in [0.4, 0.5) is 5.82 Å². The molecule has 0 aliphatic rings. The molecule has 2 aromatic heterocycles. The second-order valence-electron chi connectivity index (χ2n) is 7.38. The van der Waals surface area contributed by atoms with E-state index in [9.17, 15) is 4.79 Å². The van der Waals surface area contributed by atoms with E-state index >= 15 is 0 Å². The Hall–Kier alpha value is -2.26. The third-order valence-electron chi connectivity index (χ3n) is 4.35. The fourth-order valence-electron chi connectivity index (χ4n) is 2.93. The molecule has 3 rings (SSSR count). The molecule has 31 heavy (non-hydrogen) atoms. The number of fused-ring (bicyclic) bond motifs is 1. The number of carbonyl (C=O) groups is 1. The zero-order valence-corrected chi connectivity index (χ0v) is 19.9. The average Bonchev–Trinajstić information content (AvgIpc) is 3.15. The Balaban J connectivity index is 1.57. The molecule has 0 unspecified atom stereocenters. The lowest BCUT2D eigenvalue weighted by atomic mass is 10.2. The highest BCUT2D eigenvalue weighted by molar-refractivity contribution is 7.99.